The highest BCUT2D eigenvalue weighted by molar-refractivity contribution is 5.83. The molecule has 0 aromatic rings. The fourth-order valence-corrected chi connectivity index (χ4v) is 2.08. The molecule has 0 amide bonds. The molecule has 1 rings (SSSR count). The van der Waals surface area contributed by atoms with E-state index in [1.54, 1.807) is 6.92 Å². The average Bonchev–Trinajstić information content (AvgIpc) is 2.46. The first-order valence-electron chi connectivity index (χ1n) is 7.69. The van der Waals surface area contributed by atoms with Crippen molar-refractivity contribution in [2.75, 3.05) is 6.61 Å². The molecule has 1 aliphatic carbocycles. The van der Waals surface area contributed by atoms with Crippen LogP contribution in [-0.4, -0.2) is 12.6 Å². The summed E-state index contributed by atoms with van der Waals surface area (Å²) < 4.78 is 4.86. The number of carbonyl (C=O) groups is 1. The normalized spacial score (nSPS) is 17.4. The van der Waals surface area contributed by atoms with Gasteiger partial charge in [0.25, 0.3) is 0 Å². The number of esters is 1. The van der Waals surface area contributed by atoms with Crippen LogP contribution in [0.3, 0.4) is 0 Å². The molecule has 0 heterocycles. The SMILES string of the molecule is CCOC(=O)/C=C(C)/C=C/C=C(C)\C=C\C1=CCCCC1. The van der Waals surface area contributed by atoms with Gasteiger partial charge in [-0.1, -0.05) is 47.6 Å². The van der Waals surface area contributed by atoms with Gasteiger partial charge in [0.15, 0.2) is 0 Å². The van der Waals surface area contributed by atoms with Crippen LogP contribution < -0.4 is 0 Å². The van der Waals surface area contributed by atoms with Crippen LogP contribution >= 0.6 is 0 Å². The molecule has 114 valence electrons. The van der Waals surface area contributed by atoms with Gasteiger partial charge >= 0.3 is 5.97 Å². The first kappa shape index (κ1) is 17.2. The van der Waals surface area contributed by atoms with Gasteiger partial charge < -0.3 is 4.74 Å². The molecule has 1 aliphatic rings. The first-order valence-corrected chi connectivity index (χ1v) is 7.69. The Labute approximate surface area is 128 Å². The van der Waals surface area contributed by atoms with Crippen molar-refractivity contribution in [3.63, 3.8) is 0 Å². The summed E-state index contributed by atoms with van der Waals surface area (Å²) in [5, 5.41) is 0. The van der Waals surface area contributed by atoms with E-state index in [-0.39, 0.29) is 5.97 Å². The number of carbonyl (C=O) groups excluding carboxylic acids is 1. The zero-order valence-electron chi connectivity index (χ0n) is 13.4. The van der Waals surface area contributed by atoms with E-state index in [1.807, 2.05) is 25.2 Å². The number of allylic oxidation sites excluding steroid dienone is 9. The summed E-state index contributed by atoms with van der Waals surface area (Å²) in [6, 6.07) is 0. The summed E-state index contributed by atoms with van der Waals surface area (Å²) >= 11 is 0. The quantitative estimate of drug-likeness (QED) is 0.388. The number of hydrogen-bond acceptors (Lipinski definition) is 2. The highest BCUT2D eigenvalue weighted by Gasteiger charge is 1.99. The van der Waals surface area contributed by atoms with Gasteiger partial charge in [-0.05, 0) is 52.0 Å². The van der Waals surface area contributed by atoms with Crippen LogP contribution in [0.2, 0.25) is 0 Å². The van der Waals surface area contributed by atoms with Crippen molar-refractivity contribution in [3.05, 3.63) is 59.3 Å². The summed E-state index contributed by atoms with van der Waals surface area (Å²) in [6.07, 6.45) is 19.1. The molecule has 2 heteroatoms. The summed E-state index contributed by atoms with van der Waals surface area (Å²) in [7, 11) is 0. The van der Waals surface area contributed by atoms with Gasteiger partial charge in [0.05, 0.1) is 6.61 Å². The highest BCUT2D eigenvalue weighted by Crippen LogP contribution is 2.18. The van der Waals surface area contributed by atoms with Crippen LogP contribution in [0.15, 0.2) is 59.3 Å². The zero-order chi connectivity index (χ0) is 15.5. The number of hydrogen-bond donors (Lipinski definition) is 0. The summed E-state index contributed by atoms with van der Waals surface area (Å²) in [6.45, 7) is 6.18. The molecule has 0 aromatic carbocycles. The minimum absolute atomic E-state index is 0.288. The zero-order valence-corrected chi connectivity index (χ0v) is 13.4. The Kier molecular flexibility index (Phi) is 8.18. The molecule has 0 atom stereocenters. The summed E-state index contributed by atoms with van der Waals surface area (Å²) in [5.41, 5.74) is 3.52. The van der Waals surface area contributed by atoms with Crippen LogP contribution in [0.25, 0.3) is 0 Å². The topological polar surface area (TPSA) is 26.3 Å². The molecule has 0 bridgehead atoms. The highest BCUT2D eigenvalue weighted by atomic mass is 16.5. The van der Waals surface area contributed by atoms with Crippen molar-refractivity contribution in [1.29, 1.82) is 0 Å². The monoisotopic (exact) mass is 286 g/mol. The number of ether oxygens (including phenoxy) is 1. The Morgan fingerprint density at radius 2 is 2.05 bits per heavy atom. The Bertz CT molecular complexity index is 488. The molecule has 0 fully saturated rings. The van der Waals surface area contributed by atoms with E-state index < -0.39 is 0 Å². The van der Waals surface area contributed by atoms with Gasteiger partial charge in [-0.2, -0.15) is 0 Å². The lowest BCUT2D eigenvalue weighted by molar-refractivity contribution is -0.137. The van der Waals surface area contributed by atoms with Crippen LogP contribution in [0.4, 0.5) is 0 Å². The molecule has 2 nitrogen and oxygen atoms in total. The van der Waals surface area contributed by atoms with Crippen LogP contribution in [0, 0.1) is 0 Å². The molecule has 0 radical (unpaired) electrons. The van der Waals surface area contributed by atoms with Crippen molar-refractivity contribution >= 4 is 5.97 Å². The van der Waals surface area contributed by atoms with E-state index in [9.17, 15) is 4.79 Å². The third-order valence-electron chi connectivity index (χ3n) is 3.24. The second-order valence-corrected chi connectivity index (χ2v) is 5.27. The fraction of sp³-hybridized carbons (Fsp3) is 0.421. The second kappa shape index (κ2) is 9.98. The lowest BCUT2D eigenvalue weighted by Gasteiger charge is -2.07. The smallest absolute Gasteiger partial charge is 0.330 e. The lowest BCUT2D eigenvalue weighted by atomic mass is 9.99. The molecular weight excluding hydrogens is 260 g/mol. The third-order valence-corrected chi connectivity index (χ3v) is 3.24. The van der Waals surface area contributed by atoms with E-state index in [0.29, 0.717) is 6.61 Å². The standard InChI is InChI=1S/C19H26O2/c1-4-21-19(20)15-17(3)10-8-9-16(2)13-14-18-11-6-5-7-12-18/h8-11,13-15H,4-7,12H2,1-3H3/b10-8+,14-13+,16-9-,17-15+. The Hall–Kier alpha value is -1.83. The van der Waals surface area contributed by atoms with Gasteiger partial charge in [-0.15, -0.1) is 0 Å². The van der Waals surface area contributed by atoms with E-state index in [4.69, 9.17) is 4.74 Å². The van der Waals surface area contributed by atoms with E-state index in [2.05, 4.69) is 25.2 Å². The first-order chi connectivity index (χ1) is 10.1. The minimum Gasteiger partial charge on any atom is -0.463 e. The van der Waals surface area contributed by atoms with E-state index >= 15 is 0 Å². The Morgan fingerprint density at radius 3 is 2.71 bits per heavy atom. The Morgan fingerprint density at radius 1 is 1.24 bits per heavy atom. The van der Waals surface area contributed by atoms with E-state index in [0.717, 1.165) is 5.57 Å². The van der Waals surface area contributed by atoms with Gasteiger partial charge in [0.2, 0.25) is 0 Å². The average molecular weight is 286 g/mol. The molecular formula is C19H26O2. The maximum absolute atomic E-state index is 11.3. The molecule has 0 saturated heterocycles. The summed E-state index contributed by atoms with van der Waals surface area (Å²) in [4.78, 5) is 11.3. The van der Waals surface area contributed by atoms with Crippen molar-refractivity contribution < 1.29 is 9.53 Å². The van der Waals surface area contributed by atoms with Crippen molar-refractivity contribution in [1.82, 2.24) is 0 Å². The number of rotatable bonds is 6. The maximum atomic E-state index is 11.3. The summed E-state index contributed by atoms with van der Waals surface area (Å²) in [5.74, 6) is -0.288. The van der Waals surface area contributed by atoms with Crippen molar-refractivity contribution in [2.45, 2.75) is 46.5 Å². The van der Waals surface area contributed by atoms with Gasteiger partial charge in [-0.3, -0.25) is 0 Å². The minimum atomic E-state index is -0.288. The fourth-order valence-electron chi connectivity index (χ4n) is 2.08. The van der Waals surface area contributed by atoms with Crippen LogP contribution in [0.5, 0.6) is 0 Å². The largest absolute Gasteiger partial charge is 0.463 e. The van der Waals surface area contributed by atoms with E-state index in [1.165, 1.54) is 42.9 Å². The molecule has 0 aliphatic heterocycles. The Balaban J connectivity index is 2.50. The lowest BCUT2D eigenvalue weighted by Crippen LogP contribution is -1.99. The van der Waals surface area contributed by atoms with Gasteiger partial charge in [0.1, 0.15) is 0 Å². The molecule has 0 unspecified atom stereocenters. The van der Waals surface area contributed by atoms with Gasteiger partial charge in [0, 0.05) is 6.08 Å². The molecule has 0 N–H and O–H groups in total. The van der Waals surface area contributed by atoms with Crippen LogP contribution in [0.1, 0.15) is 46.5 Å². The predicted octanol–water partition coefficient (Wildman–Crippen LogP) is 5.05. The predicted molar refractivity (Wildman–Crippen MR) is 89.0 cm³/mol. The van der Waals surface area contributed by atoms with Gasteiger partial charge in [-0.25, -0.2) is 4.79 Å². The van der Waals surface area contributed by atoms with Crippen LogP contribution in [-0.2, 0) is 9.53 Å². The second-order valence-electron chi connectivity index (χ2n) is 5.27. The maximum Gasteiger partial charge on any atom is 0.330 e. The van der Waals surface area contributed by atoms with Crippen molar-refractivity contribution in [2.24, 2.45) is 0 Å². The molecule has 21 heavy (non-hydrogen) atoms. The molecule has 0 aromatic heterocycles. The van der Waals surface area contributed by atoms with Crippen molar-refractivity contribution in [3.8, 4) is 0 Å². The molecule has 0 saturated carbocycles. The molecule has 0 spiro atoms. The third kappa shape index (κ3) is 8.13.